The molecule has 3 aromatic rings. The maximum atomic E-state index is 15.1. The highest BCUT2D eigenvalue weighted by Gasteiger charge is 2.30. The zero-order valence-electron chi connectivity index (χ0n) is 36.1. The van der Waals surface area contributed by atoms with Crippen molar-refractivity contribution in [2.45, 2.75) is 96.1 Å². The first-order chi connectivity index (χ1) is 30.0. The van der Waals surface area contributed by atoms with Gasteiger partial charge in [0.25, 0.3) is 5.91 Å². The van der Waals surface area contributed by atoms with Crippen LogP contribution in [0.25, 0.3) is 11.3 Å². The number of ether oxygens (including phenoxy) is 2. The number of hydrogen-bond acceptors (Lipinski definition) is 12. The molecular weight excluding hydrogens is 799 g/mol. The van der Waals surface area contributed by atoms with Crippen LogP contribution in [0.1, 0.15) is 89.5 Å². The minimum Gasteiger partial charge on any atom is -0.493 e. The second kappa shape index (κ2) is 21.8. The van der Waals surface area contributed by atoms with Crippen molar-refractivity contribution in [1.82, 2.24) is 30.1 Å². The van der Waals surface area contributed by atoms with E-state index in [4.69, 9.17) is 9.47 Å². The number of aromatic nitrogens is 3. The van der Waals surface area contributed by atoms with Gasteiger partial charge >= 0.3 is 0 Å². The molecule has 0 spiro atoms. The Balaban J connectivity index is 0.917. The van der Waals surface area contributed by atoms with E-state index in [0.29, 0.717) is 79.5 Å². The molecule has 1 aliphatic carbocycles. The van der Waals surface area contributed by atoms with Gasteiger partial charge in [-0.2, -0.15) is 0 Å². The van der Waals surface area contributed by atoms with Crippen molar-refractivity contribution in [2.24, 2.45) is 0 Å². The van der Waals surface area contributed by atoms with E-state index in [9.17, 15) is 19.2 Å². The van der Waals surface area contributed by atoms with Crippen LogP contribution in [0.15, 0.2) is 59.6 Å². The van der Waals surface area contributed by atoms with Gasteiger partial charge in [-0.25, -0.2) is 23.7 Å². The molecular formula is C46H58F2N8O6. The molecule has 1 atom stereocenters. The lowest BCUT2D eigenvalue weighted by Crippen LogP contribution is -2.40. The Morgan fingerprint density at radius 3 is 2.53 bits per heavy atom. The fourth-order valence-corrected chi connectivity index (χ4v) is 8.22. The van der Waals surface area contributed by atoms with E-state index in [2.05, 4.69) is 36.6 Å². The standard InChI is InChI=1S/C46H58F2N8O6/c1-30(2)56-21-23-62-44-36(47)24-34(25-38(44)56)43-37(48)27-51-46(53-43)52-40-14-12-32(26-50-40)31-16-19-55(20-17-31)18-7-5-6-8-22-61-39-11-9-10-33(28-57)42(39)45(60)54(4)35(29-58)13-15-41(59)49-3/h11-12,14,24-31,35H,5-10,13,15-23H2,1-4H3,(H,49,59)(H,50,51,52,53). The van der Waals surface area contributed by atoms with Gasteiger partial charge in [0, 0.05) is 43.9 Å². The third-order valence-electron chi connectivity index (χ3n) is 11.9. The van der Waals surface area contributed by atoms with Crippen molar-refractivity contribution in [3.05, 3.63) is 76.8 Å². The van der Waals surface area contributed by atoms with Crippen LogP contribution in [0.4, 0.5) is 26.2 Å². The molecule has 1 aromatic carbocycles. The highest BCUT2D eigenvalue weighted by molar-refractivity contribution is 6.03. The number of nitrogens with one attached hydrogen (secondary N) is 2. The maximum absolute atomic E-state index is 15.1. The summed E-state index contributed by atoms with van der Waals surface area (Å²) < 4.78 is 41.8. The molecule has 3 aliphatic rings. The summed E-state index contributed by atoms with van der Waals surface area (Å²) in [6.45, 7) is 8.40. The molecule has 2 amide bonds. The van der Waals surface area contributed by atoms with Crippen molar-refractivity contribution >= 4 is 41.8 Å². The Labute approximate surface area is 362 Å². The molecule has 1 unspecified atom stereocenters. The molecule has 2 aliphatic heterocycles. The third kappa shape index (κ3) is 11.4. The van der Waals surface area contributed by atoms with Gasteiger partial charge in [-0.1, -0.05) is 18.9 Å². The van der Waals surface area contributed by atoms with E-state index in [-0.39, 0.29) is 47.8 Å². The molecule has 4 heterocycles. The molecule has 1 saturated heterocycles. The zero-order valence-corrected chi connectivity index (χ0v) is 36.1. The maximum Gasteiger partial charge on any atom is 0.258 e. The largest absolute Gasteiger partial charge is 0.493 e. The fourth-order valence-electron chi connectivity index (χ4n) is 8.22. The van der Waals surface area contributed by atoms with Gasteiger partial charge in [0.2, 0.25) is 11.9 Å². The molecule has 0 saturated carbocycles. The number of likely N-dealkylation sites (N-methyl/N-ethyl adjacent to an activating group) is 1. The molecule has 14 nitrogen and oxygen atoms in total. The quantitative estimate of drug-likeness (QED) is 0.0923. The summed E-state index contributed by atoms with van der Waals surface area (Å²) in [7, 11) is 3.02. The van der Waals surface area contributed by atoms with Gasteiger partial charge in [-0.15, -0.1) is 0 Å². The fraction of sp³-hybridized carbons (Fsp3) is 0.500. The molecule has 6 rings (SSSR count). The zero-order chi connectivity index (χ0) is 44.2. The Morgan fingerprint density at radius 1 is 1.03 bits per heavy atom. The smallest absolute Gasteiger partial charge is 0.258 e. The van der Waals surface area contributed by atoms with E-state index in [1.807, 2.05) is 37.1 Å². The number of fused-ring (bicyclic) bond motifs is 1. The number of benzene rings is 1. The average molecular weight is 857 g/mol. The predicted octanol–water partition coefficient (Wildman–Crippen LogP) is 6.65. The monoisotopic (exact) mass is 856 g/mol. The number of halogens is 2. The van der Waals surface area contributed by atoms with Gasteiger partial charge in [-0.3, -0.25) is 14.4 Å². The van der Waals surface area contributed by atoms with Crippen molar-refractivity contribution in [3.8, 4) is 17.0 Å². The number of likely N-dealkylation sites (tertiary alicyclic amines) is 1. The highest BCUT2D eigenvalue weighted by Crippen LogP contribution is 2.39. The summed E-state index contributed by atoms with van der Waals surface area (Å²) in [5.41, 5.74) is 2.54. The first kappa shape index (κ1) is 45.7. The summed E-state index contributed by atoms with van der Waals surface area (Å²) in [5.74, 6) is -0.333. The van der Waals surface area contributed by atoms with Crippen LogP contribution in [0, 0.1) is 11.6 Å². The van der Waals surface area contributed by atoms with Gasteiger partial charge in [-0.05, 0) is 114 Å². The lowest BCUT2D eigenvalue weighted by molar-refractivity contribution is -0.132. The number of aldehydes is 2. The Kier molecular flexibility index (Phi) is 16.1. The third-order valence-corrected chi connectivity index (χ3v) is 11.9. The van der Waals surface area contributed by atoms with Crippen molar-refractivity contribution in [1.29, 1.82) is 0 Å². The predicted molar refractivity (Wildman–Crippen MR) is 232 cm³/mol. The average Bonchev–Trinajstić information content (AvgIpc) is 3.29. The number of nitrogens with zero attached hydrogens (tertiary/aromatic N) is 6. The Bertz CT molecular complexity index is 2120. The van der Waals surface area contributed by atoms with Crippen LogP contribution >= 0.6 is 0 Å². The van der Waals surface area contributed by atoms with Crippen LogP contribution in [0.3, 0.4) is 0 Å². The van der Waals surface area contributed by atoms with Crippen LogP contribution in [-0.2, 0) is 23.9 Å². The second-order valence-corrected chi connectivity index (χ2v) is 16.3. The van der Waals surface area contributed by atoms with Gasteiger partial charge in [0.15, 0.2) is 17.4 Å². The summed E-state index contributed by atoms with van der Waals surface area (Å²) in [4.78, 5) is 67.9. The van der Waals surface area contributed by atoms with E-state index in [0.717, 1.165) is 69.9 Å². The van der Waals surface area contributed by atoms with Gasteiger partial charge in [0.05, 0.1) is 36.7 Å². The SMILES string of the molecule is CNC(=O)CCC(C=O)N(C)C(=O)C1=C(C=O)CCC=C1OCCCCCCN1CCC(c2ccc(Nc3ncc(F)c(-c4cc(F)c5c(c4)N(C(C)C)CCO5)n3)nc2)CC1. The number of allylic oxidation sites excluding steroid dienone is 2. The number of carbonyl (C=O) groups is 4. The summed E-state index contributed by atoms with van der Waals surface area (Å²) in [6.07, 6.45) is 13.3. The first-order valence-corrected chi connectivity index (χ1v) is 21.7. The van der Waals surface area contributed by atoms with E-state index in [1.165, 1.54) is 25.1 Å². The Hall–Kier alpha value is -5.77. The van der Waals surface area contributed by atoms with Crippen LogP contribution in [0.2, 0.25) is 0 Å². The number of anilines is 3. The van der Waals surface area contributed by atoms with Gasteiger partial charge < -0.3 is 39.6 Å². The molecule has 1 fully saturated rings. The number of amides is 2. The van der Waals surface area contributed by atoms with Crippen LogP contribution < -0.4 is 20.3 Å². The highest BCUT2D eigenvalue weighted by atomic mass is 19.1. The number of carbonyl (C=O) groups excluding carboxylic acids is 4. The topological polar surface area (TPSA) is 159 Å². The number of unbranched alkanes of at least 4 members (excludes halogenated alkanes) is 3. The minimum absolute atomic E-state index is 0.0204. The van der Waals surface area contributed by atoms with E-state index >= 15 is 8.78 Å². The van der Waals surface area contributed by atoms with Gasteiger partial charge in [0.1, 0.15) is 36.5 Å². The molecule has 2 N–H and O–H groups in total. The molecule has 16 heteroatoms. The normalized spacial score (nSPS) is 16.2. The lowest BCUT2D eigenvalue weighted by Gasteiger charge is -2.34. The van der Waals surface area contributed by atoms with Crippen LogP contribution in [0.5, 0.6) is 5.75 Å². The first-order valence-electron chi connectivity index (χ1n) is 21.7. The number of hydrogen-bond donors (Lipinski definition) is 2. The lowest BCUT2D eigenvalue weighted by atomic mass is 9.90. The Morgan fingerprint density at radius 2 is 1.82 bits per heavy atom. The summed E-state index contributed by atoms with van der Waals surface area (Å²) in [6, 6.07) is 6.17. The number of piperidine rings is 1. The number of pyridine rings is 1. The molecule has 332 valence electrons. The molecule has 62 heavy (non-hydrogen) atoms. The minimum atomic E-state index is -0.808. The number of rotatable bonds is 20. The molecule has 0 radical (unpaired) electrons. The van der Waals surface area contributed by atoms with E-state index < -0.39 is 23.6 Å². The van der Waals surface area contributed by atoms with E-state index in [1.54, 1.807) is 6.07 Å². The molecule has 0 bridgehead atoms. The molecule has 2 aromatic heterocycles. The van der Waals surface area contributed by atoms with Crippen molar-refractivity contribution in [2.75, 3.05) is 63.7 Å². The van der Waals surface area contributed by atoms with Crippen LogP contribution in [-0.4, -0.2) is 115 Å². The van der Waals surface area contributed by atoms with Crippen molar-refractivity contribution in [3.63, 3.8) is 0 Å². The van der Waals surface area contributed by atoms with Crippen molar-refractivity contribution < 1.29 is 37.4 Å². The second-order valence-electron chi connectivity index (χ2n) is 16.3. The summed E-state index contributed by atoms with van der Waals surface area (Å²) in [5, 5.41) is 5.59. The summed E-state index contributed by atoms with van der Waals surface area (Å²) >= 11 is 0.